The fourth-order valence-electron chi connectivity index (χ4n) is 5.08. The summed E-state index contributed by atoms with van der Waals surface area (Å²) in [7, 11) is 1.74. The van der Waals surface area contributed by atoms with E-state index in [1.165, 1.54) is 6.20 Å². The maximum absolute atomic E-state index is 16.3. The fraction of sp³-hybridized carbons (Fsp3) is 0.407. The maximum atomic E-state index is 16.3. The van der Waals surface area contributed by atoms with Crippen molar-refractivity contribution in [2.45, 2.75) is 51.9 Å². The van der Waals surface area contributed by atoms with Gasteiger partial charge in [0.15, 0.2) is 11.6 Å². The number of hydrogen-bond acceptors (Lipinski definition) is 9. The monoisotopic (exact) mass is 574 g/mol. The second-order valence-corrected chi connectivity index (χ2v) is 10.5. The highest BCUT2D eigenvalue weighted by atomic mass is 32.1. The van der Waals surface area contributed by atoms with Gasteiger partial charge < -0.3 is 15.2 Å². The third kappa shape index (κ3) is 4.70. The normalized spacial score (nSPS) is 18.3. The summed E-state index contributed by atoms with van der Waals surface area (Å²) in [4.78, 5) is 14.4. The van der Waals surface area contributed by atoms with Crippen molar-refractivity contribution in [1.29, 1.82) is 5.26 Å². The van der Waals surface area contributed by atoms with E-state index in [0.717, 1.165) is 17.5 Å². The molecule has 2 N–H and O–H groups in total. The van der Waals surface area contributed by atoms with Crippen molar-refractivity contribution in [2.24, 2.45) is 0 Å². The molecule has 1 unspecified atom stereocenters. The standard InChI is InChI=1S/C25H20F4N6O2S.C2H6/c1-35-3-2-25(28,29)4-11(35)8-37-24-33-6-13-14-9-36-10-15(14)17(19(27)20(13)34-24)21-18-12(5-30)23(31)38-22(18)16(26)7-32-21;1-2/h6-7,11H,2-4,8-10,31H2,1H3;1-2H3. The molecule has 1 atom stereocenters. The molecule has 0 bridgehead atoms. The number of aromatic nitrogens is 3. The van der Waals surface area contributed by atoms with Crippen molar-refractivity contribution < 1.29 is 27.0 Å². The highest BCUT2D eigenvalue weighted by Crippen LogP contribution is 2.45. The Hall–Kier alpha value is -3.60. The van der Waals surface area contributed by atoms with Crippen LogP contribution in [0.2, 0.25) is 0 Å². The zero-order valence-electron chi connectivity index (χ0n) is 22.0. The van der Waals surface area contributed by atoms with Crippen LogP contribution in [-0.4, -0.2) is 52.0 Å². The summed E-state index contributed by atoms with van der Waals surface area (Å²) in [5, 5.41) is 10.3. The first kappa shape index (κ1) is 27.9. The summed E-state index contributed by atoms with van der Waals surface area (Å²) >= 11 is 0.888. The smallest absolute Gasteiger partial charge is 0.317 e. The van der Waals surface area contributed by atoms with Gasteiger partial charge in [0, 0.05) is 48.0 Å². The SMILES string of the molecule is CC.CN1CCC(F)(F)CC1COc1ncc2c3c(c(-c4ncc(F)c5sc(N)c(C#N)c45)c(F)c2n1)COC3. The summed E-state index contributed by atoms with van der Waals surface area (Å²) in [6.45, 7) is 4.35. The van der Waals surface area contributed by atoms with Crippen LogP contribution in [0.5, 0.6) is 6.01 Å². The van der Waals surface area contributed by atoms with Crippen LogP contribution < -0.4 is 10.5 Å². The lowest BCUT2D eigenvalue weighted by molar-refractivity contribution is -0.0795. The molecule has 0 saturated carbocycles. The topological polar surface area (TPSA) is 110 Å². The number of anilines is 1. The van der Waals surface area contributed by atoms with E-state index < -0.39 is 23.6 Å². The zero-order valence-corrected chi connectivity index (χ0v) is 22.8. The van der Waals surface area contributed by atoms with Gasteiger partial charge in [-0.05, 0) is 18.2 Å². The van der Waals surface area contributed by atoms with Crippen LogP contribution in [0.25, 0.3) is 32.2 Å². The molecule has 1 aromatic carbocycles. The molecule has 210 valence electrons. The third-order valence-corrected chi connectivity index (χ3v) is 8.14. The van der Waals surface area contributed by atoms with Gasteiger partial charge in [-0.2, -0.15) is 10.2 Å². The second-order valence-electron chi connectivity index (χ2n) is 9.42. The summed E-state index contributed by atoms with van der Waals surface area (Å²) in [6, 6.07) is 1.24. The quantitative estimate of drug-likeness (QED) is 0.305. The number of fused-ring (bicyclic) bond motifs is 4. The van der Waals surface area contributed by atoms with Gasteiger partial charge in [0.1, 0.15) is 23.2 Å². The fourth-order valence-corrected chi connectivity index (χ4v) is 6.00. The lowest BCUT2D eigenvalue weighted by atomic mass is 9.94. The molecular weight excluding hydrogens is 548 g/mol. The largest absolute Gasteiger partial charge is 0.462 e. The van der Waals surface area contributed by atoms with Crippen LogP contribution in [0.4, 0.5) is 22.6 Å². The van der Waals surface area contributed by atoms with Gasteiger partial charge in [0.05, 0.1) is 35.4 Å². The lowest BCUT2D eigenvalue weighted by Gasteiger charge is -2.36. The minimum Gasteiger partial charge on any atom is -0.462 e. The molecule has 1 saturated heterocycles. The van der Waals surface area contributed by atoms with Gasteiger partial charge in [-0.25, -0.2) is 22.5 Å². The van der Waals surface area contributed by atoms with E-state index in [4.69, 9.17) is 15.2 Å². The van der Waals surface area contributed by atoms with Gasteiger partial charge in [-0.3, -0.25) is 9.88 Å². The number of nitrogen functional groups attached to an aromatic ring is 1. The Morgan fingerprint density at radius 3 is 2.73 bits per heavy atom. The number of ether oxygens (including phenoxy) is 2. The number of likely N-dealkylation sites (N-methyl/N-ethyl adjacent to an activating group) is 1. The van der Waals surface area contributed by atoms with E-state index >= 15 is 4.39 Å². The summed E-state index contributed by atoms with van der Waals surface area (Å²) < 4.78 is 70.0. The van der Waals surface area contributed by atoms with E-state index in [-0.39, 0.29) is 82.6 Å². The Balaban J connectivity index is 0.00000158. The van der Waals surface area contributed by atoms with Crippen LogP contribution in [-0.2, 0) is 18.0 Å². The van der Waals surface area contributed by atoms with E-state index in [1.807, 2.05) is 19.9 Å². The number of piperidine rings is 1. The Bertz CT molecular complexity index is 1650. The van der Waals surface area contributed by atoms with Crippen molar-refractivity contribution in [2.75, 3.05) is 25.9 Å². The van der Waals surface area contributed by atoms with Gasteiger partial charge in [-0.15, -0.1) is 11.3 Å². The van der Waals surface area contributed by atoms with Gasteiger partial charge in [0.2, 0.25) is 0 Å². The lowest BCUT2D eigenvalue weighted by Crippen LogP contribution is -2.47. The van der Waals surface area contributed by atoms with E-state index in [2.05, 4.69) is 15.0 Å². The van der Waals surface area contributed by atoms with Crippen LogP contribution in [0, 0.1) is 23.0 Å². The third-order valence-electron chi connectivity index (χ3n) is 7.12. The zero-order chi connectivity index (χ0) is 28.8. The number of alkyl halides is 2. The van der Waals surface area contributed by atoms with E-state index in [1.54, 1.807) is 11.9 Å². The number of hydrogen-bond donors (Lipinski definition) is 1. The number of halogens is 4. The first-order chi connectivity index (χ1) is 19.2. The second kappa shape index (κ2) is 10.8. The molecule has 2 aliphatic heterocycles. The Morgan fingerprint density at radius 2 is 1.98 bits per heavy atom. The molecule has 1 fully saturated rings. The molecule has 8 nitrogen and oxygen atoms in total. The Labute approximate surface area is 231 Å². The molecule has 2 aliphatic rings. The van der Waals surface area contributed by atoms with Gasteiger partial charge in [-0.1, -0.05) is 13.8 Å². The van der Waals surface area contributed by atoms with Crippen molar-refractivity contribution in [1.82, 2.24) is 19.9 Å². The number of thiophene rings is 1. The predicted molar refractivity (Wildman–Crippen MR) is 143 cm³/mol. The first-order valence-corrected chi connectivity index (χ1v) is 13.6. The van der Waals surface area contributed by atoms with Crippen molar-refractivity contribution in [3.05, 3.63) is 40.7 Å². The van der Waals surface area contributed by atoms with E-state index in [0.29, 0.717) is 16.5 Å². The predicted octanol–water partition coefficient (Wildman–Crippen LogP) is 5.80. The van der Waals surface area contributed by atoms with Crippen molar-refractivity contribution >= 4 is 37.3 Å². The molecule has 0 amide bonds. The minimum absolute atomic E-state index is 0.0132. The number of nitrogens with zero attached hydrogens (tertiary/aromatic N) is 5. The van der Waals surface area contributed by atoms with Crippen LogP contribution in [0.3, 0.4) is 0 Å². The molecule has 6 rings (SSSR count). The number of benzene rings is 1. The van der Waals surface area contributed by atoms with Crippen molar-refractivity contribution in [3.63, 3.8) is 0 Å². The molecule has 13 heteroatoms. The average Bonchev–Trinajstić information content (AvgIpc) is 3.56. The van der Waals surface area contributed by atoms with Crippen LogP contribution >= 0.6 is 11.3 Å². The number of nitriles is 1. The first-order valence-electron chi connectivity index (χ1n) is 12.7. The minimum atomic E-state index is -2.78. The van der Waals surface area contributed by atoms with Crippen LogP contribution in [0.15, 0.2) is 12.4 Å². The molecule has 3 aromatic heterocycles. The van der Waals surface area contributed by atoms with Crippen LogP contribution in [0.1, 0.15) is 43.4 Å². The number of rotatable bonds is 4. The van der Waals surface area contributed by atoms with Crippen molar-refractivity contribution in [3.8, 4) is 23.3 Å². The molecule has 0 radical (unpaired) electrons. The van der Waals surface area contributed by atoms with Gasteiger partial charge in [0.25, 0.3) is 5.92 Å². The number of pyridine rings is 1. The molecule has 0 aliphatic carbocycles. The summed E-state index contributed by atoms with van der Waals surface area (Å²) in [6.07, 6.45) is 1.79. The van der Waals surface area contributed by atoms with E-state index in [9.17, 15) is 18.4 Å². The molecule has 4 aromatic rings. The molecule has 5 heterocycles. The Kier molecular flexibility index (Phi) is 7.52. The maximum Gasteiger partial charge on any atom is 0.317 e. The number of nitrogens with two attached hydrogens (primary N) is 1. The number of likely N-dealkylation sites (tertiary alicyclic amines) is 1. The Morgan fingerprint density at radius 1 is 1.23 bits per heavy atom. The summed E-state index contributed by atoms with van der Waals surface area (Å²) in [5.41, 5.74) is 7.10. The molecule has 0 spiro atoms. The molecule has 40 heavy (non-hydrogen) atoms. The summed E-state index contributed by atoms with van der Waals surface area (Å²) in [5.74, 6) is -4.23. The van der Waals surface area contributed by atoms with Gasteiger partial charge >= 0.3 is 6.01 Å². The highest BCUT2D eigenvalue weighted by molar-refractivity contribution is 7.23. The highest BCUT2D eigenvalue weighted by Gasteiger charge is 2.39. The molecular formula is C27H26F4N6O2S. The average molecular weight is 575 g/mol.